The first-order valence-corrected chi connectivity index (χ1v) is 8.27. The van der Waals surface area contributed by atoms with Gasteiger partial charge in [0.2, 0.25) is 0 Å². The summed E-state index contributed by atoms with van der Waals surface area (Å²) in [6.07, 6.45) is 3.03. The first kappa shape index (κ1) is 18.0. The van der Waals surface area contributed by atoms with Crippen LogP contribution in [0.4, 0.5) is 0 Å². The van der Waals surface area contributed by atoms with E-state index in [2.05, 4.69) is 20.5 Å². The van der Waals surface area contributed by atoms with Gasteiger partial charge in [0.1, 0.15) is 17.0 Å². The van der Waals surface area contributed by atoms with Crippen LogP contribution in [0.1, 0.15) is 26.5 Å². The first-order chi connectivity index (χ1) is 12.5. The van der Waals surface area contributed by atoms with Crippen LogP contribution in [0.5, 0.6) is 0 Å². The molecule has 0 bridgehead atoms. The molecule has 9 heteroatoms. The van der Waals surface area contributed by atoms with Crippen molar-refractivity contribution >= 4 is 11.8 Å². The van der Waals surface area contributed by atoms with Gasteiger partial charge in [-0.2, -0.15) is 5.10 Å². The number of aliphatic hydroxyl groups is 1. The van der Waals surface area contributed by atoms with E-state index in [0.29, 0.717) is 24.5 Å². The summed E-state index contributed by atoms with van der Waals surface area (Å²) in [6, 6.07) is 5.10. The average molecular weight is 359 g/mol. The van der Waals surface area contributed by atoms with Crippen LogP contribution in [-0.2, 0) is 4.74 Å². The van der Waals surface area contributed by atoms with Crippen LogP contribution in [-0.4, -0.2) is 75.5 Å². The maximum Gasteiger partial charge on any atom is 0.272 e. The minimum absolute atomic E-state index is 0.0151. The number of hydrogen-bond donors (Lipinski definition) is 3. The molecule has 9 nitrogen and oxygen atoms in total. The van der Waals surface area contributed by atoms with Crippen molar-refractivity contribution in [3.05, 3.63) is 47.5 Å². The van der Waals surface area contributed by atoms with E-state index in [1.54, 1.807) is 12.3 Å². The number of H-pyrrole nitrogens is 1. The zero-order valence-corrected chi connectivity index (χ0v) is 14.4. The quantitative estimate of drug-likeness (QED) is 0.692. The third-order valence-electron chi connectivity index (χ3n) is 4.18. The SMILES string of the molecule is Cc1cccnc1C(=O)N1CCOC[C@](O)(CNC(=O)c2ccn[nH]2)C1. The topological polar surface area (TPSA) is 120 Å². The summed E-state index contributed by atoms with van der Waals surface area (Å²) in [5.41, 5.74) is 0.00188. The molecule has 0 aliphatic carbocycles. The van der Waals surface area contributed by atoms with E-state index in [9.17, 15) is 14.7 Å². The number of rotatable bonds is 4. The number of ether oxygens (including phenoxy) is 1. The Labute approximate surface area is 150 Å². The molecule has 26 heavy (non-hydrogen) atoms. The molecule has 0 spiro atoms. The Kier molecular flexibility index (Phi) is 5.29. The number of carbonyl (C=O) groups is 2. The van der Waals surface area contributed by atoms with Gasteiger partial charge in [0, 0.05) is 18.9 Å². The summed E-state index contributed by atoms with van der Waals surface area (Å²) in [5, 5.41) is 19.8. The molecule has 1 atom stereocenters. The summed E-state index contributed by atoms with van der Waals surface area (Å²) in [7, 11) is 0. The second kappa shape index (κ2) is 7.63. The Balaban J connectivity index is 1.69. The summed E-state index contributed by atoms with van der Waals surface area (Å²) < 4.78 is 5.44. The number of aryl methyl sites for hydroxylation is 1. The lowest BCUT2D eigenvalue weighted by molar-refractivity contribution is -0.0324. The number of aromatic nitrogens is 3. The second-order valence-electron chi connectivity index (χ2n) is 6.33. The molecule has 0 unspecified atom stereocenters. The summed E-state index contributed by atoms with van der Waals surface area (Å²) in [6.45, 7) is 2.44. The third kappa shape index (κ3) is 4.06. The minimum Gasteiger partial charge on any atom is -0.384 e. The fourth-order valence-electron chi connectivity index (χ4n) is 2.78. The highest BCUT2D eigenvalue weighted by atomic mass is 16.5. The molecule has 3 heterocycles. The van der Waals surface area contributed by atoms with Crippen LogP contribution in [0.2, 0.25) is 0 Å². The van der Waals surface area contributed by atoms with E-state index in [4.69, 9.17) is 4.74 Å². The van der Waals surface area contributed by atoms with Gasteiger partial charge in [-0.15, -0.1) is 0 Å². The van der Waals surface area contributed by atoms with Crippen LogP contribution < -0.4 is 5.32 Å². The number of carbonyl (C=O) groups excluding carboxylic acids is 2. The van der Waals surface area contributed by atoms with E-state index in [1.165, 1.54) is 17.2 Å². The van der Waals surface area contributed by atoms with Crippen molar-refractivity contribution in [2.45, 2.75) is 12.5 Å². The lowest BCUT2D eigenvalue weighted by atomic mass is 10.0. The molecule has 0 aromatic carbocycles. The molecular formula is C17H21N5O4. The Morgan fingerprint density at radius 2 is 2.27 bits per heavy atom. The number of β-amino-alcohol motifs (C(OH)–C–C–N with tert-alkyl or cyclic N) is 1. The fraction of sp³-hybridized carbons (Fsp3) is 0.412. The number of amides is 2. The van der Waals surface area contributed by atoms with Crippen LogP contribution in [0.15, 0.2) is 30.6 Å². The summed E-state index contributed by atoms with van der Waals surface area (Å²) >= 11 is 0. The van der Waals surface area contributed by atoms with E-state index in [-0.39, 0.29) is 25.6 Å². The van der Waals surface area contributed by atoms with Gasteiger partial charge in [-0.3, -0.25) is 19.7 Å². The highest BCUT2D eigenvalue weighted by molar-refractivity contribution is 5.94. The maximum absolute atomic E-state index is 12.8. The molecule has 3 N–H and O–H groups in total. The number of pyridine rings is 1. The molecule has 138 valence electrons. The molecule has 0 saturated carbocycles. The van der Waals surface area contributed by atoms with Gasteiger partial charge in [0.15, 0.2) is 0 Å². The number of nitrogens with one attached hydrogen (secondary N) is 2. The van der Waals surface area contributed by atoms with Crippen molar-refractivity contribution in [2.24, 2.45) is 0 Å². The highest BCUT2D eigenvalue weighted by Gasteiger charge is 2.35. The zero-order chi connectivity index (χ0) is 18.6. The number of aromatic amines is 1. The summed E-state index contributed by atoms with van der Waals surface area (Å²) in [4.78, 5) is 30.5. The zero-order valence-electron chi connectivity index (χ0n) is 14.4. The van der Waals surface area contributed by atoms with Crippen molar-refractivity contribution in [2.75, 3.05) is 32.8 Å². The van der Waals surface area contributed by atoms with Crippen LogP contribution in [0.25, 0.3) is 0 Å². The van der Waals surface area contributed by atoms with Crippen molar-refractivity contribution in [3.63, 3.8) is 0 Å². The van der Waals surface area contributed by atoms with Crippen molar-refractivity contribution < 1.29 is 19.4 Å². The molecular weight excluding hydrogens is 338 g/mol. The molecule has 1 aliphatic heterocycles. The summed E-state index contributed by atoms with van der Waals surface area (Å²) in [5.74, 6) is -0.662. The van der Waals surface area contributed by atoms with Crippen LogP contribution in [0, 0.1) is 6.92 Å². The monoisotopic (exact) mass is 359 g/mol. The Morgan fingerprint density at radius 1 is 1.42 bits per heavy atom. The molecule has 1 fully saturated rings. The second-order valence-corrected chi connectivity index (χ2v) is 6.33. The van der Waals surface area contributed by atoms with E-state index in [0.717, 1.165) is 5.56 Å². The van der Waals surface area contributed by atoms with Gasteiger partial charge >= 0.3 is 0 Å². The predicted octanol–water partition coefficient (Wildman–Crippen LogP) is -0.253. The van der Waals surface area contributed by atoms with E-state index in [1.807, 2.05) is 13.0 Å². The van der Waals surface area contributed by atoms with Gasteiger partial charge in [0.05, 0.1) is 26.3 Å². The van der Waals surface area contributed by atoms with Crippen LogP contribution >= 0.6 is 0 Å². The highest BCUT2D eigenvalue weighted by Crippen LogP contribution is 2.15. The lowest BCUT2D eigenvalue weighted by Crippen LogP contribution is -2.53. The molecule has 1 saturated heterocycles. The largest absolute Gasteiger partial charge is 0.384 e. The van der Waals surface area contributed by atoms with Crippen molar-refractivity contribution in [3.8, 4) is 0 Å². The number of hydrogen-bond acceptors (Lipinski definition) is 6. The average Bonchev–Trinajstić information content (AvgIpc) is 3.10. The normalized spacial score (nSPS) is 20.5. The van der Waals surface area contributed by atoms with E-state index >= 15 is 0 Å². The smallest absolute Gasteiger partial charge is 0.272 e. The van der Waals surface area contributed by atoms with Crippen molar-refractivity contribution in [1.29, 1.82) is 0 Å². The molecule has 2 amide bonds. The standard InChI is InChI=1S/C17H21N5O4/c1-12-3-2-5-18-14(12)16(24)22-7-8-26-11-17(25,10-22)9-19-15(23)13-4-6-20-21-13/h2-6,25H,7-11H2,1H3,(H,19,23)(H,20,21)/t17-/m0/s1. The number of nitrogens with zero attached hydrogens (tertiary/aromatic N) is 3. The Bertz CT molecular complexity index is 779. The van der Waals surface area contributed by atoms with Gasteiger partial charge in [-0.05, 0) is 24.6 Å². The Hall–Kier alpha value is -2.78. The molecule has 2 aromatic rings. The van der Waals surface area contributed by atoms with Gasteiger partial charge in [-0.1, -0.05) is 6.07 Å². The molecule has 3 rings (SSSR count). The van der Waals surface area contributed by atoms with Crippen LogP contribution in [0.3, 0.4) is 0 Å². The maximum atomic E-state index is 12.8. The van der Waals surface area contributed by atoms with Crippen molar-refractivity contribution in [1.82, 2.24) is 25.4 Å². The van der Waals surface area contributed by atoms with Gasteiger partial charge in [0.25, 0.3) is 11.8 Å². The Morgan fingerprint density at radius 3 is 3.00 bits per heavy atom. The molecule has 1 aliphatic rings. The third-order valence-corrected chi connectivity index (χ3v) is 4.18. The van der Waals surface area contributed by atoms with E-state index < -0.39 is 11.5 Å². The minimum atomic E-state index is -1.40. The van der Waals surface area contributed by atoms with Gasteiger partial charge < -0.3 is 20.1 Å². The molecule has 2 aromatic heterocycles. The molecule has 0 radical (unpaired) electrons. The first-order valence-electron chi connectivity index (χ1n) is 8.27. The van der Waals surface area contributed by atoms with Gasteiger partial charge in [-0.25, -0.2) is 0 Å². The predicted molar refractivity (Wildman–Crippen MR) is 91.6 cm³/mol. The lowest BCUT2D eigenvalue weighted by Gasteiger charge is -2.30. The fourth-order valence-corrected chi connectivity index (χ4v) is 2.78.